The van der Waals surface area contributed by atoms with E-state index < -0.39 is 30.9 Å². The number of aromatic nitrogens is 3. The minimum atomic E-state index is -2.56. The van der Waals surface area contributed by atoms with E-state index in [4.69, 9.17) is 0 Å². The van der Waals surface area contributed by atoms with Crippen LogP contribution in [-0.4, -0.2) is 84.3 Å². The summed E-state index contributed by atoms with van der Waals surface area (Å²) < 4.78 is 15.7. The van der Waals surface area contributed by atoms with Crippen LogP contribution < -0.4 is 37.2 Å². The number of aryl methyl sites for hydroxylation is 3. The molecule has 0 spiro atoms. The zero-order valence-electron chi connectivity index (χ0n) is 32.9. The van der Waals surface area contributed by atoms with Gasteiger partial charge in [0.05, 0.1) is 23.3 Å². The molecule has 4 amide bonds. The number of carbonyl (C=O) groups is 4. The Bertz CT molecular complexity index is 2430. The Morgan fingerprint density at radius 2 is 1.81 bits per heavy atom. The van der Waals surface area contributed by atoms with Crippen molar-refractivity contribution in [3.05, 3.63) is 93.2 Å². The molecule has 3 heterocycles. The van der Waals surface area contributed by atoms with E-state index in [-0.39, 0.29) is 24.6 Å². The number of hydrogen-bond donors (Lipinski definition) is 4. The van der Waals surface area contributed by atoms with E-state index in [9.17, 15) is 28.5 Å². The average molecular weight is 813 g/mol. The van der Waals surface area contributed by atoms with Crippen LogP contribution in [0.2, 0.25) is 0 Å². The maximum Gasteiger partial charge on any atom is 0.329 e. The van der Waals surface area contributed by atoms with Crippen molar-refractivity contribution in [2.75, 3.05) is 56.8 Å². The largest absolute Gasteiger partial charge is 0.375 e. The quantitative estimate of drug-likeness (QED) is 0.0639. The molecule has 300 valence electrons. The standard InChI is InChI=1S/C41H49N8O6PS/c1-26-12-14-29(23-35(26)56(4,5)55)38(52)43-24-37(51)46-40-44-31(25-57-40)28-10-6-11-30(22-28)47(2)20-8-19-42-18-7-9-27-13-15-32-34(21-27)48(3)41(54)49(32)33-16-17-36(50)45-39(33)53/h6,10-15,21-23,25,33,42H,7-9,16-20,24H2,1-5H3,(H,43,52)(H,44,46,51)(H,45,50,53). The molecule has 16 heteroatoms. The molecule has 0 aliphatic carbocycles. The maximum absolute atomic E-state index is 13.1. The second kappa shape index (κ2) is 17.8. The molecule has 1 atom stereocenters. The number of hydrogen-bond acceptors (Lipinski definition) is 10. The van der Waals surface area contributed by atoms with Crippen molar-refractivity contribution in [1.82, 2.24) is 30.1 Å². The van der Waals surface area contributed by atoms with Gasteiger partial charge in [-0.05, 0) is 107 Å². The zero-order chi connectivity index (χ0) is 40.9. The normalized spacial score (nSPS) is 14.4. The number of piperidine rings is 1. The number of nitrogens with zero attached hydrogens (tertiary/aromatic N) is 4. The second-order valence-corrected chi connectivity index (χ2v) is 18.8. The van der Waals surface area contributed by atoms with Gasteiger partial charge in [-0.3, -0.25) is 33.6 Å². The summed E-state index contributed by atoms with van der Waals surface area (Å²) in [4.78, 5) is 69.3. The number of carbonyl (C=O) groups excluding carboxylic acids is 4. The molecule has 1 aliphatic heterocycles. The molecule has 2 aromatic heterocycles. The van der Waals surface area contributed by atoms with E-state index >= 15 is 0 Å². The number of rotatable bonds is 16. The van der Waals surface area contributed by atoms with Gasteiger partial charge in [0.1, 0.15) is 13.2 Å². The van der Waals surface area contributed by atoms with Gasteiger partial charge in [-0.1, -0.05) is 24.3 Å². The van der Waals surface area contributed by atoms with E-state index in [1.54, 1.807) is 43.1 Å². The minimum absolute atomic E-state index is 0.210. The lowest BCUT2D eigenvalue weighted by Gasteiger charge is -2.21. The number of benzene rings is 3. The Labute approximate surface area is 335 Å². The van der Waals surface area contributed by atoms with Crippen molar-refractivity contribution >= 4 is 69.3 Å². The van der Waals surface area contributed by atoms with Gasteiger partial charge in [0.15, 0.2) is 5.13 Å². The molecule has 1 unspecified atom stereocenters. The number of imidazole rings is 1. The fourth-order valence-electron chi connectivity index (χ4n) is 7.03. The van der Waals surface area contributed by atoms with Crippen LogP contribution in [-0.2, 0) is 32.4 Å². The molecule has 1 fully saturated rings. The fourth-order valence-corrected chi connectivity index (χ4v) is 9.14. The lowest BCUT2D eigenvalue weighted by molar-refractivity contribution is -0.135. The maximum atomic E-state index is 13.1. The summed E-state index contributed by atoms with van der Waals surface area (Å²) in [6.07, 6.45) is 3.22. The Morgan fingerprint density at radius 1 is 1.02 bits per heavy atom. The highest BCUT2D eigenvalue weighted by atomic mass is 32.1. The smallest absolute Gasteiger partial charge is 0.329 e. The topological polar surface area (TPSA) is 177 Å². The van der Waals surface area contributed by atoms with Crippen LogP contribution in [0.5, 0.6) is 0 Å². The average Bonchev–Trinajstić information content (AvgIpc) is 3.74. The van der Waals surface area contributed by atoms with Crippen LogP contribution in [0.3, 0.4) is 0 Å². The Hall–Kier alpha value is -5.37. The van der Waals surface area contributed by atoms with Gasteiger partial charge in [0.2, 0.25) is 17.7 Å². The molecule has 0 radical (unpaired) electrons. The summed E-state index contributed by atoms with van der Waals surface area (Å²) in [6.45, 7) is 7.50. The molecule has 5 aromatic rings. The molecule has 1 aliphatic rings. The minimum Gasteiger partial charge on any atom is -0.375 e. The molecule has 1 saturated heterocycles. The van der Waals surface area contributed by atoms with Crippen LogP contribution in [0.25, 0.3) is 22.3 Å². The van der Waals surface area contributed by atoms with Crippen LogP contribution in [0.1, 0.15) is 53.2 Å². The zero-order valence-corrected chi connectivity index (χ0v) is 34.6. The first-order chi connectivity index (χ1) is 27.2. The lowest BCUT2D eigenvalue weighted by Crippen LogP contribution is -2.44. The highest BCUT2D eigenvalue weighted by Crippen LogP contribution is 2.36. The van der Waals surface area contributed by atoms with Crippen LogP contribution in [0.4, 0.5) is 10.8 Å². The first kappa shape index (κ1) is 41.3. The third-order valence-electron chi connectivity index (χ3n) is 10.1. The van der Waals surface area contributed by atoms with E-state index in [2.05, 4.69) is 50.3 Å². The van der Waals surface area contributed by atoms with Crippen molar-refractivity contribution in [2.45, 2.75) is 45.1 Å². The predicted octanol–water partition coefficient (Wildman–Crippen LogP) is 4.41. The predicted molar refractivity (Wildman–Crippen MR) is 226 cm³/mol. The van der Waals surface area contributed by atoms with Gasteiger partial charge in [0, 0.05) is 54.6 Å². The third kappa shape index (κ3) is 9.96. The molecule has 4 N–H and O–H groups in total. The molecule has 0 saturated carbocycles. The summed E-state index contributed by atoms with van der Waals surface area (Å²) in [5, 5.41) is 14.2. The Morgan fingerprint density at radius 3 is 2.58 bits per heavy atom. The van der Waals surface area contributed by atoms with Gasteiger partial charge in [-0.2, -0.15) is 0 Å². The summed E-state index contributed by atoms with van der Waals surface area (Å²) in [6, 6.07) is 18.4. The molecule has 0 bridgehead atoms. The summed E-state index contributed by atoms with van der Waals surface area (Å²) in [5.74, 6) is -1.56. The van der Waals surface area contributed by atoms with E-state index in [0.717, 1.165) is 72.5 Å². The number of nitrogens with one attached hydrogen (secondary N) is 4. The molecular formula is C41H49N8O6PS. The first-order valence-corrected chi connectivity index (χ1v) is 22.4. The van der Waals surface area contributed by atoms with Crippen molar-refractivity contribution in [3.8, 4) is 11.3 Å². The van der Waals surface area contributed by atoms with Crippen molar-refractivity contribution in [1.29, 1.82) is 0 Å². The number of anilines is 2. The highest BCUT2D eigenvalue weighted by molar-refractivity contribution is 7.70. The lowest BCUT2D eigenvalue weighted by atomic mass is 10.1. The second-order valence-electron chi connectivity index (χ2n) is 14.8. The van der Waals surface area contributed by atoms with Crippen LogP contribution in [0, 0.1) is 6.92 Å². The van der Waals surface area contributed by atoms with Gasteiger partial charge < -0.3 is 25.4 Å². The molecule has 6 rings (SSSR count). The molecule has 3 aromatic carbocycles. The monoisotopic (exact) mass is 812 g/mol. The Kier molecular flexibility index (Phi) is 12.9. The summed E-state index contributed by atoms with van der Waals surface area (Å²) in [5.41, 5.74) is 6.22. The van der Waals surface area contributed by atoms with Crippen molar-refractivity contribution in [3.63, 3.8) is 0 Å². The molecule has 57 heavy (non-hydrogen) atoms. The summed E-state index contributed by atoms with van der Waals surface area (Å²) in [7, 11) is 1.20. The fraction of sp³-hybridized carbons (Fsp3) is 0.366. The summed E-state index contributed by atoms with van der Waals surface area (Å²) >= 11 is 1.31. The van der Waals surface area contributed by atoms with Gasteiger partial charge in [-0.25, -0.2) is 9.78 Å². The van der Waals surface area contributed by atoms with Crippen LogP contribution >= 0.6 is 18.5 Å². The number of fused-ring (bicyclic) bond motifs is 1. The van der Waals surface area contributed by atoms with Crippen molar-refractivity contribution in [2.24, 2.45) is 7.05 Å². The first-order valence-electron chi connectivity index (χ1n) is 18.9. The Balaban J connectivity index is 0.922. The van der Waals surface area contributed by atoms with Crippen LogP contribution in [0.15, 0.2) is 70.8 Å². The number of amides is 4. The van der Waals surface area contributed by atoms with Gasteiger partial charge in [0.25, 0.3) is 5.91 Å². The SMILES string of the molecule is Cc1ccc(C(=O)NCC(=O)Nc2nc(-c3cccc(N(C)CCCNCCCc4ccc5c(c4)n(C)c(=O)n5C4CCC(=O)NC4=O)c3)cs2)cc1P(C)(C)=O. The highest BCUT2D eigenvalue weighted by Gasteiger charge is 2.31. The number of thiazole rings is 1. The van der Waals surface area contributed by atoms with Crippen molar-refractivity contribution < 1.29 is 23.7 Å². The number of imide groups is 1. The van der Waals surface area contributed by atoms with Gasteiger partial charge in [-0.15, -0.1) is 11.3 Å². The van der Waals surface area contributed by atoms with E-state index in [0.29, 0.717) is 27.9 Å². The molecule has 14 nitrogen and oxygen atoms in total. The molecular weight excluding hydrogens is 764 g/mol. The van der Waals surface area contributed by atoms with E-state index in [1.165, 1.54) is 15.9 Å². The van der Waals surface area contributed by atoms with E-state index in [1.807, 2.05) is 42.6 Å². The van der Waals surface area contributed by atoms with Gasteiger partial charge >= 0.3 is 5.69 Å². The third-order valence-corrected chi connectivity index (χ3v) is 12.5.